The predicted octanol–water partition coefficient (Wildman–Crippen LogP) is 2.86. The molecular formula is C21H35Cl2N3O3. The molecule has 0 radical (unpaired) electrons. The molecule has 1 spiro atoms. The summed E-state index contributed by atoms with van der Waals surface area (Å²) in [5, 5.41) is 14.0. The van der Waals surface area contributed by atoms with Gasteiger partial charge in [-0.2, -0.15) is 0 Å². The maximum absolute atomic E-state index is 13.2. The minimum atomic E-state index is -0.331. The highest BCUT2D eigenvalue weighted by molar-refractivity contribution is 5.92. The van der Waals surface area contributed by atoms with Crippen molar-refractivity contribution in [2.75, 3.05) is 39.3 Å². The Hall–Kier alpha value is -0.790. The molecule has 2 atom stereocenters. The van der Waals surface area contributed by atoms with Crippen molar-refractivity contribution in [3.8, 4) is 0 Å². The Morgan fingerprint density at radius 3 is 2.72 bits per heavy atom. The SMILES string of the molecule is CCc1oc(C(=O)N2CCC[C@]3(CNCC[C@@H]3O)C2)cc1CN1CCCC1.Cl.Cl. The number of amides is 1. The van der Waals surface area contributed by atoms with Gasteiger partial charge in [-0.3, -0.25) is 9.69 Å². The molecule has 0 aromatic carbocycles. The van der Waals surface area contributed by atoms with Crippen molar-refractivity contribution in [2.45, 2.75) is 58.1 Å². The molecule has 29 heavy (non-hydrogen) atoms. The van der Waals surface area contributed by atoms with E-state index in [4.69, 9.17) is 4.42 Å². The van der Waals surface area contributed by atoms with Gasteiger partial charge in [0.25, 0.3) is 5.91 Å². The number of halogens is 2. The Balaban J connectivity index is 0.00000150. The number of hydrogen-bond donors (Lipinski definition) is 2. The summed E-state index contributed by atoms with van der Waals surface area (Å²) >= 11 is 0. The monoisotopic (exact) mass is 447 g/mol. The largest absolute Gasteiger partial charge is 0.456 e. The average molecular weight is 448 g/mol. The van der Waals surface area contributed by atoms with Crippen LogP contribution in [0, 0.1) is 5.41 Å². The van der Waals surface area contributed by atoms with Crippen LogP contribution in [-0.4, -0.2) is 66.2 Å². The van der Waals surface area contributed by atoms with Gasteiger partial charge < -0.3 is 19.7 Å². The quantitative estimate of drug-likeness (QED) is 0.742. The van der Waals surface area contributed by atoms with Crippen LogP contribution in [-0.2, 0) is 13.0 Å². The van der Waals surface area contributed by atoms with E-state index in [2.05, 4.69) is 17.1 Å². The smallest absolute Gasteiger partial charge is 0.289 e. The maximum Gasteiger partial charge on any atom is 0.289 e. The minimum absolute atomic E-state index is 0. The van der Waals surface area contributed by atoms with Gasteiger partial charge >= 0.3 is 0 Å². The molecule has 8 heteroatoms. The fourth-order valence-electron chi connectivity index (χ4n) is 5.09. The van der Waals surface area contributed by atoms with Crippen LogP contribution in [0.25, 0.3) is 0 Å². The molecule has 0 bridgehead atoms. The summed E-state index contributed by atoms with van der Waals surface area (Å²) in [7, 11) is 0. The third-order valence-electron chi connectivity index (χ3n) is 6.70. The number of hydrogen-bond acceptors (Lipinski definition) is 5. The molecule has 166 valence electrons. The van der Waals surface area contributed by atoms with E-state index in [1.54, 1.807) is 0 Å². The zero-order valence-electron chi connectivity index (χ0n) is 17.3. The lowest BCUT2D eigenvalue weighted by molar-refractivity contribution is -0.0438. The maximum atomic E-state index is 13.2. The first-order chi connectivity index (χ1) is 13.1. The molecule has 3 saturated heterocycles. The number of carbonyl (C=O) groups is 1. The molecular weight excluding hydrogens is 413 g/mol. The highest BCUT2D eigenvalue weighted by atomic mass is 35.5. The molecule has 1 amide bonds. The van der Waals surface area contributed by atoms with Crippen molar-refractivity contribution >= 4 is 30.7 Å². The van der Waals surface area contributed by atoms with Crippen LogP contribution < -0.4 is 5.32 Å². The van der Waals surface area contributed by atoms with E-state index < -0.39 is 0 Å². The molecule has 1 aromatic heterocycles. The van der Waals surface area contributed by atoms with Crippen LogP contribution in [0.4, 0.5) is 0 Å². The number of nitrogens with zero attached hydrogens (tertiary/aromatic N) is 2. The topological polar surface area (TPSA) is 69.0 Å². The summed E-state index contributed by atoms with van der Waals surface area (Å²) in [6.07, 6.45) is 5.68. The lowest BCUT2D eigenvalue weighted by Crippen LogP contribution is -2.58. The Labute approximate surface area is 186 Å². The molecule has 0 saturated carbocycles. The standard InChI is InChI=1S/C21H33N3O3.2ClH/c1-2-17-16(13-23-9-3-4-10-23)12-18(27-17)20(26)24-11-5-7-21(15-24)14-22-8-6-19(21)25;;/h12,19,22,25H,2-11,13-15H2,1H3;2*1H/t19-,21-;;/m0../s1. The van der Waals surface area contributed by atoms with E-state index in [-0.39, 0.29) is 42.2 Å². The molecule has 0 unspecified atom stereocenters. The molecule has 4 heterocycles. The van der Waals surface area contributed by atoms with Crippen molar-refractivity contribution in [1.82, 2.24) is 15.1 Å². The van der Waals surface area contributed by atoms with Gasteiger partial charge in [0.05, 0.1) is 6.10 Å². The number of carbonyl (C=O) groups excluding carboxylic acids is 1. The average Bonchev–Trinajstić information content (AvgIpc) is 3.34. The molecule has 4 rings (SSSR count). The fraction of sp³-hybridized carbons (Fsp3) is 0.762. The van der Waals surface area contributed by atoms with Crippen LogP contribution in [0.3, 0.4) is 0 Å². The molecule has 6 nitrogen and oxygen atoms in total. The summed E-state index contributed by atoms with van der Waals surface area (Å²) in [4.78, 5) is 17.5. The number of nitrogens with one attached hydrogen (secondary N) is 1. The summed E-state index contributed by atoms with van der Waals surface area (Å²) < 4.78 is 6.00. The number of furan rings is 1. The zero-order valence-corrected chi connectivity index (χ0v) is 19.0. The lowest BCUT2D eigenvalue weighted by Gasteiger charge is -2.48. The second-order valence-electron chi connectivity index (χ2n) is 8.57. The number of rotatable bonds is 4. The van der Waals surface area contributed by atoms with Crippen molar-refractivity contribution in [2.24, 2.45) is 5.41 Å². The second kappa shape index (κ2) is 10.5. The molecule has 0 aliphatic carbocycles. The first-order valence-electron chi connectivity index (χ1n) is 10.6. The second-order valence-corrected chi connectivity index (χ2v) is 8.57. The Morgan fingerprint density at radius 1 is 1.28 bits per heavy atom. The lowest BCUT2D eigenvalue weighted by atomic mass is 9.72. The molecule has 3 aliphatic heterocycles. The normalized spacial score (nSPS) is 27.5. The highest BCUT2D eigenvalue weighted by Gasteiger charge is 2.44. The Morgan fingerprint density at radius 2 is 2.03 bits per heavy atom. The summed E-state index contributed by atoms with van der Waals surface area (Å²) in [6.45, 7) is 8.24. The zero-order chi connectivity index (χ0) is 18.9. The number of aliphatic hydroxyl groups is 1. The van der Waals surface area contributed by atoms with Crippen LogP contribution in [0.1, 0.15) is 60.9 Å². The number of aryl methyl sites for hydroxylation is 1. The Kier molecular flexibility index (Phi) is 8.86. The van der Waals surface area contributed by atoms with Gasteiger partial charge in [0, 0.05) is 43.6 Å². The van der Waals surface area contributed by atoms with Gasteiger partial charge in [0.1, 0.15) is 5.76 Å². The summed E-state index contributed by atoms with van der Waals surface area (Å²) in [5.41, 5.74) is 0.957. The van der Waals surface area contributed by atoms with Crippen LogP contribution in [0.2, 0.25) is 0 Å². The first-order valence-corrected chi connectivity index (χ1v) is 10.6. The van der Waals surface area contributed by atoms with Gasteiger partial charge in [0.15, 0.2) is 5.76 Å². The van der Waals surface area contributed by atoms with E-state index in [9.17, 15) is 9.90 Å². The van der Waals surface area contributed by atoms with Gasteiger partial charge in [-0.1, -0.05) is 6.92 Å². The van der Waals surface area contributed by atoms with Gasteiger partial charge in [-0.25, -0.2) is 0 Å². The van der Waals surface area contributed by atoms with E-state index in [0.29, 0.717) is 12.3 Å². The molecule has 3 fully saturated rings. The third-order valence-corrected chi connectivity index (χ3v) is 6.70. The van der Waals surface area contributed by atoms with E-state index >= 15 is 0 Å². The van der Waals surface area contributed by atoms with Crippen molar-refractivity contribution in [3.05, 3.63) is 23.2 Å². The van der Waals surface area contributed by atoms with E-state index in [1.165, 1.54) is 12.8 Å². The van der Waals surface area contributed by atoms with Crippen molar-refractivity contribution in [1.29, 1.82) is 0 Å². The Bertz CT molecular complexity index is 674. The molecule has 2 N–H and O–H groups in total. The predicted molar refractivity (Wildman–Crippen MR) is 118 cm³/mol. The van der Waals surface area contributed by atoms with Gasteiger partial charge in [-0.05, 0) is 57.8 Å². The number of piperidine rings is 2. The number of aliphatic hydroxyl groups excluding tert-OH is 1. The summed E-state index contributed by atoms with van der Waals surface area (Å²) in [5.74, 6) is 1.39. The fourth-order valence-corrected chi connectivity index (χ4v) is 5.09. The van der Waals surface area contributed by atoms with Crippen LogP contribution in [0.5, 0.6) is 0 Å². The first kappa shape index (κ1) is 24.5. The van der Waals surface area contributed by atoms with E-state index in [1.807, 2.05) is 11.0 Å². The van der Waals surface area contributed by atoms with Crippen molar-refractivity contribution < 1.29 is 14.3 Å². The molecule has 3 aliphatic rings. The van der Waals surface area contributed by atoms with E-state index in [0.717, 1.165) is 76.3 Å². The van der Waals surface area contributed by atoms with Gasteiger partial charge in [-0.15, -0.1) is 24.8 Å². The van der Waals surface area contributed by atoms with Gasteiger partial charge in [0.2, 0.25) is 0 Å². The van der Waals surface area contributed by atoms with Crippen LogP contribution in [0.15, 0.2) is 10.5 Å². The van der Waals surface area contributed by atoms with Crippen molar-refractivity contribution in [3.63, 3.8) is 0 Å². The number of likely N-dealkylation sites (tertiary alicyclic amines) is 2. The highest BCUT2D eigenvalue weighted by Crippen LogP contribution is 2.37. The summed E-state index contributed by atoms with van der Waals surface area (Å²) in [6, 6.07) is 1.97. The van der Waals surface area contributed by atoms with Crippen LogP contribution >= 0.6 is 24.8 Å². The minimum Gasteiger partial charge on any atom is -0.456 e. The molecule has 1 aromatic rings. The third kappa shape index (κ3) is 5.10.